The number of nitrogens with one attached hydrogen (secondary N) is 1. The summed E-state index contributed by atoms with van der Waals surface area (Å²) in [6.45, 7) is 6.66. The minimum atomic E-state index is -0.331. The Hall–Kier alpha value is -0.710. The van der Waals surface area contributed by atoms with Gasteiger partial charge in [-0.15, -0.1) is 0 Å². The number of thioether (sulfide) groups is 1. The summed E-state index contributed by atoms with van der Waals surface area (Å²) in [4.78, 5) is 26.4. The van der Waals surface area contributed by atoms with E-state index < -0.39 is 0 Å². The average Bonchev–Trinajstić information content (AvgIpc) is 2.91. The number of piperazine rings is 1. The molecule has 2 heterocycles. The lowest BCUT2D eigenvalue weighted by Gasteiger charge is -2.40. The molecule has 0 bridgehead atoms. The van der Waals surface area contributed by atoms with E-state index in [1.165, 1.54) is 5.75 Å². The van der Waals surface area contributed by atoms with Crippen molar-refractivity contribution in [2.45, 2.75) is 45.7 Å². The lowest BCUT2D eigenvalue weighted by atomic mass is 9.93. The first kappa shape index (κ1) is 14.7. The first-order valence-corrected chi connectivity index (χ1v) is 8.38. The van der Waals surface area contributed by atoms with Gasteiger partial charge in [0.2, 0.25) is 11.8 Å². The molecule has 108 valence electrons. The van der Waals surface area contributed by atoms with E-state index >= 15 is 0 Å². The SMILES string of the molecule is CCC(C)C1NC(=O)C(C)N(CC2CCSC2)C1=O. The lowest BCUT2D eigenvalue weighted by molar-refractivity contribution is -0.150. The van der Waals surface area contributed by atoms with Crippen LogP contribution in [0.1, 0.15) is 33.6 Å². The van der Waals surface area contributed by atoms with Crippen molar-refractivity contribution in [3.05, 3.63) is 0 Å². The van der Waals surface area contributed by atoms with Gasteiger partial charge in [-0.3, -0.25) is 9.59 Å². The summed E-state index contributed by atoms with van der Waals surface area (Å²) < 4.78 is 0. The highest BCUT2D eigenvalue weighted by atomic mass is 32.2. The van der Waals surface area contributed by atoms with Gasteiger partial charge in [-0.25, -0.2) is 0 Å². The zero-order chi connectivity index (χ0) is 14.0. The summed E-state index contributed by atoms with van der Waals surface area (Å²) in [5, 5.41) is 2.89. The number of carbonyl (C=O) groups is 2. The molecule has 0 saturated carbocycles. The second-order valence-corrected chi connectivity index (χ2v) is 6.92. The minimum Gasteiger partial charge on any atom is -0.342 e. The zero-order valence-electron chi connectivity index (χ0n) is 12.0. The third-order valence-electron chi connectivity index (χ3n) is 4.39. The maximum atomic E-state index is 12.6. The maximum absolute atomic E-state index is 12.6. The molecule has 19 heavy (non-hydrogen) atoms. The van der Waals surface area contributed by atoms with Crippen molar-refractivity contribution in [1.82, 2.24) is 10.2 Å². The van der Waals surface area contributed by atoms with Crippen LogP contribution in [0.4, 0.5) is 0 Å². The van der Waals surface area contributed by atoms with Crippen LogP contribution in [0.15, 0.2) is 0 Å². The smallest absolute Gasteiger partial charge is 0.246 e. The van der Waals surface area contributed by atoms with E-state index in [0.29, 0.717) is 5.92 Å². The first-order chi connectivity index (χ1) is 9.04. The Labute approximate surface area is 119 Å². The summed E-state index contributed by atoms with van der Waals surface area (Å²) in [6.07, 6.45) is 2.06. The van der Waals surface area contributed by atoms with Crippen molar-refractivity contribution in [3.63, 3.8) is 0 Å². The first-order valence-electron chi connectivity index (χ1n) is 7.23. The number of hydrogen-bond acceptors (Lipinski definition) is 3. The van der Waals surface area contributed by atoms with Crippen LogP contribution < -0.4 is 5.32 Å². The fourth-order valence-electron chi connectivity index (χ4n) is 2.72. The molecule has 0 spiro atoms. The van der Waals surface area contributed by atoms with E-state index in [-0.39, 0.29) is 29.8 Å². The maximum Gasteiger partial charge on any atom is 0.246 e. The summed E-state index contributed by atoms with van der Waals surface area (Å²) in [7, 11) is 0. The summed E-state index contributed by atoms with van der Waals surface area (Å²) in [5.41, 5.74) is 0. The summed E-state index contributed by atoms with van der Waals surface area (Å²) >= 11 is 1.95. The van der Waals surface area contributed by atoms with Crippen LogP contribution in [0, 0.1) is 11.8 Å². The molecule has 5 heteroatoms. The van der Waals surface area contributed by atoms with Crippen molar-refractivity contribution >= 4 is 23.6 Å². The van der Waals surface area contributed by atoms with E-state index in [4.69, 9.17) is 0 Å². The molecule has 1 N–H and O–H groups in total. The van der Waals surface area contributed by atoms with E-state index in [9.17, 15) is 9.59 Å². The van der Waals surface area contributed by atoms with Gasteiger partial charge in [0.15, 0.2) is 0 Å². The number of amides is 2. The van der Waals surface area contributed by atoms with Crippen molar-refractivity contribution in [1.29, 1.82) is 0 Å². The molecule has 2 aliphatic rings. The fourth-order valence-corrected chi connectivity index (χ4v) is 3.99. The van der Waals surface area contributed by atoms with Gasteiger partial charge in [-0.1, -0.05) is 20.3 Å². The van der Waals surface area contributed by atoms with Crippen molar-refractivity contribution < 1.29 is 9.59 Å². The molecule has 0 radical (unpaired) electrons. The zero-order valence-corrected chi connectivity index (χ0v) is 12.8. The average molecular weight is 284 g/mol. The van der Waals surface area contributed by atoms with Crippen molar-refractivity contribution in [2.24, 2.45) is 11.8 Å². The van der Waals surface area contributed by atoms with Gasteiger partial charge in [0, 0.05) is 6.54 Å². The van der Waals surface area contributed by atoms with Gasteiger partial charge in [0.05, 0.1) is 0 Å². The van der Waals surface area contributed by atoms with E-state index in [1.807, 2.05) is 30.5 Å². The Kier molecular flexibility index (Phi) is 4.76. The quantitative estimate of drug-likeness (QED) is 0.851. The monoisotopic (exact) mass is 284 g/mol. The number of rotatable bonds is 4. The number of nitrogens with zero attached hydrogens (tertiary/aromatic N) is 1. The fraction of sp³-hybridized carbons (Fsp3) is 0.857. The Balaban J connectivity index is 2.09. The van der Waals surface area contributed by atoms with Crippen LogP contribution in [0.2, 0.25) is 0 Å². The van der Waals surface area contributed by atoms with Gasteiger partial charge >= 0.3 is 0 Å². The van der Waals surface area contributed by atoms with Crippen LogP contribution in [0.25, 0.3) is 0 Å². The molecule has 4 unspecified atom stereocenters. The molecule has 2 saturated heterocycles. The van der Waals surface area contributed by atoms with Crippen LogP contribution >= 0.6 is 11.8 Å². The summed E-state index contributed by atoms with van der Waals surface area (Å²) in [6, 6.07) is -0.652. The standard InChI is InChI=1S/C14H24N2O2S/c1-4-9(2)12-14(18)16(10(3)13(17)15-12)7-11-5-6-19-8-11/h9-12H,4-8H2,1-3H3,(H,15,17). The van der Waals surface area contributed by atoms with Crippen molar-refractivity contribution in [2.75, 3.05) is 18.1 Å². The van der Waals surface area contributed by atoms with Crippen LogP contribution in [-0.2, 0) is 9.59 Å². The van der Waals surface area contributed by atoms with E-state index in [2.05, 4.69) is 12.2 Å². The van der Waals surface area contributed by atoms with Crippen LogP contribution in [0.3, 0.4) is 0 Å². The predicted molar refractivity (Wildman–Crippen MR) is 78.0 cm³/mol. The highest BCUT2D eigenvalue weighted by Gasteiger charge is 2.40. The molecular formula is C14H24N2O2S. The molecule has 4 nitrogen and oxygen atoms in total. The predicted octanol–water partition coefficient (Wildman–Crippen LogP) is 1.50. The highest BCUT2D eigenvalue weighted by molar-refractivity contribution is 7.99. The van der Waals surface area contributed by atoms with E-state index in [1.54, 1.807) is 0 Å². The second-order valence-electron chi connectivity index (χ2n) is 5.77. The molecule has 2 aliphatic heterocycles. The van der Waals surface area contributed by atoms with Gasteiger partial charge in [-0.2, -0.15) is 11.8 Å². The molecule has 4 atom stereocenters. The molecule has 0 aliphatic carbocycles. The normalized spacial score (nSPS) is 33.4. The third-order valence-corrected chi connectivity index (χ3v) is 5.62. The Bertz CT molecular complexity index is 355. The molecule has 0 aromatic heterocycles. The number of carbonyl (C=O) groups excluding carboxylic acids is 2. The third kappa shape index (κ3) is 3.07. The lowest BCUT2D eigenvalue weighted by Crippen LogP contribution is -2.64. The molecular weight excluding hydrogens is 260 g/mol. The molecule has 0 aromatic rings. The number of hydrogen-bond donors (Lipinski definition) is 1. The highest BCUT2D eigenvalue weighted by Crippen LogP contribution is 2.26. The van der Waals surface area contributed by atoms with Crippen LogP contribution in [0.5, 0.6) is 0 Å². The van der Waals surface area contributed by atoms with Gasteiger partial charge in [0.1, 0.15) is 12.1 Å². The summed E-state index contributed by atoms with van der Waals surface area (Å²) in [5.74, 6) is 3.16. The van der Waals surface area contributed by atoms with Gasteiger partial charge in [0.25, 0.3) is 0 Å². The largest absolute Gasteiger partial charge is 0.342 e. The topological polar surface area (TPSA) is 49.4 Å². The van der Waals surface area contributed by atoms with Crippen LogP contribution in [-0.4, -0.2) is 46.8 Å². The Morgan fingerprint density at radius 1 is 1.47 bits per heavy atom. The molecule has 2 amide bonds. The Morgan fingerprint density at radius 3 is 2.79 bits per heavy atom. The Morgan fingerprint density at radius 2 is 2.21 bits per heavy atom. The molecule has 0 aromatic carbocycles. The second kappa shape index (κ2) is 6.16. The van der Waals surface area contributed by atoms with Crippen molar-refractivity contribution in [3.8, 4) is 0 Å². The molecule has 2 rings (SSSR count). The minimum absolute atomic E-state index is 0.00412. The molecule has 2 fully saturated rings. The van der Waals surface area contributed by atoms with Gasteiger partial charge < -0.3 is 10.2 Å². The van der Waals surface area contributed by atoms with Gasteiger partial charge in [-0.05, 0) is 36.7 Å². The van der Waals surface area contributed by atoms with E-state index in [0.717, 1.165) is 25.1 Å².